The van der Waals surface area contributed by atoms with E-state index >= 15 is 0 Å². The molecule has 0 bridgehead atoms. The number of nitrogens with one attached hydrogen (secondary N) is 1. The van der Waals surface area contributed by atoms with Gasteiger partial charge in [0.15, 0.2) is 0 Å². The maximum atomic E-state index is 12.3. The van der Waals surface area contributed by atoms with E-state index in [0.717, 1.165) is 22.6 Å². The van der Waals surface area contributed by atoms with Crippen LogP contribution in [0.3, 0.4) is 0 Å². The second kappa shape index (κ2) is 8.49. The Labute approximate surface area is 158 Å². The van der Waals surface area contributed by atoms with E-state index < -0.39 is 5.92 Å². The Balaban J connectivity index is 1.55. The third-order valence-corrected chi connectivity index (χ3v) is 4.42. The zero-order valence-corrected chi connectivity index (χ0v) is 15.5. The summed E-state index contributed by atoms with van der Waals surface area (Å²) in [6.07, 6.45) is 1.76. The van der Waals surface area contributed by atoms with Crippen LogP contribution in [0.5, 0.6) is 5.75 Å². The SMILES string of the molecule is CCOc1ccc(/C=N/NC(=O)C2CC(=O)N(c3ccc(C)cc3)C2)cc1. The number of benzene rings is 2. The molecule has 1 N–H and O–H groups in total. The normalized spacial score (nSPS) is 16.7. The smallest absolute Gasteiger partial charge is 0.245 e. The number of hydrogen-bond donors (Lipinski definition) is 1. The van der Waals surface area contributed by atoms with E-state index in [2.05, 4.69) is 10.5 Å². The van der Waals surface area contributed by atoms with E-state index in [-0.39, 0.29) is 18.2 Å². The fourth-order valence-corrected chi connectivity index (χ4v) is 2.94. The standard InChI is InChI=1S/C21H23N3O3/c1-3-27-19-10-6-16(7-11-19)13-22-23-21(26)17-12-20(25)24(14-17)18-8-4-15(2)5-9-18/h4-11,13,17H,3,12,14H2,1-2H3,(H,23,26)/b22-13+. The number of rotatable bonds is 6. The van der Waals surface area contributed by atoms with Gasteiger partial charge in [0.05, 0.1) is 18.7 Å². The fourth-order valence-electron chi connectivity index (χ4n) is 2.94. The minimum Gasteiger partial charge on any atom is -0.494 e. The zero-order chi connectivity index (χ0) is 19.2. The van der Waals surface area contributed by atoms with Crippen LogP contribution in [0.15, 0.2) is 53.6 Å². The van der Waals surface area contributed by atoms with Gasteiger partial charge in [0, 0.05) is 18.7 Å². The molecule has 27 heavy (non-hydrogen) atoms. The molecule has 0 spiro atoms. The number of anilines is 1. The summed E-state index contributed by atoms with van der Waals surface area (Å²) in [7, 11) is 0. The van der Waals surface area contributed by atoms with Crippen LogP contribution in [0.25, 0.3) is 0 Å². The molecule has 2 aromatic rings. The Morgan fingerprint density at radius 1 is 1.22 bits per heavy atom. The molecule has 1 unspecified atom stereocenters. The molecule has 1 fully saturated rings. The highest BCUT2D eigenvalue weighted by molar-refractivity contribution is 6.00. The summed E-state index contributed by atoms with van der Waals surface area (Å²) < 4.78 is 5.38. The van der Waals surface area contributed by atoms with Crippen LogP contribution in [-0.4, -0.2) is 31.2 Å². The van der Waals surface area contributed by atoms with E-state index in [1.165, 1.54) is 0 Å². The van der Waals surface area contributed by atoms with Crippen molar-refractivity contribution in [2.75, 3.05) is 18.1 Å². The van der Waals surface area contributed by atoms with Crippen molar-refractivity contribution in [3.05, 3.63) is 59.7 Å². The van der Waals surface area contributed by atoms with Crippen LogP contribution in [-0.2, 0) is 9.59 Å². The van der Waals surface area contributed by atoms with Crippen LogP contribution in [0.4, 0.5) is 5.69 Å². The van der Waals surface area contributed by atoms with Gasteiger partial charge in [-0.1, -0.05) is 17.7 Å². The summed E-state index contributed by atoms with van der Waals surface area (Å²) >= 11 is 0. The third-order valence-electron chi connectivity index (χ3n) is 4.42. The number of ether oxygens (including phenoxy) is 1. The predicted octanol–water partition coefficient (Wildman–Crippen LogP) is 2.90. The van der Waals surface area contributed by atoms with Crippen LogP contribution in [0.2, 0.25) is 0 Å². The first-order chi connectivity index (χ1) is 13.1. The first kappa shape index (κ1) is 18.6. The van der Waals surface area contributed by atoms with Gasteiger partial charge in [0.1, 0.15) is 5.75 Å². The molecule has 140 valence electrons. The number of hydrogen-bond acceptors (Lipinski definition) is 4. The number of amides is 2. The summed E-state index contributed by atoms with van der Waals surface area (Å²) in [6, 6.07) is 15.1. The molecule has 0 aliphatic carbocycles. The van der Waals surface area contributed by atoms with Crippen LogP contribution in [0.1, 0.15) is 24.5 Å². The van der Waals surface area contributed by atoms with E-state index in [0.29, 0.717) is 13.2 Å². The number of carbonyl (C=O) groups excluding carboxylic acids is 2. The summed E-state index contributed by atoms with van der Waals surface area (Å²) in [5.41, 5.74) is 5.33. The summed E-state index contributed by atoms with van der Waals surface area (Å²) in [5, 5.41) is 4.00. The van der Waals surface area contributed by atoms with Crippen molar-refractivity contribution in [1.82, 2.24) is 5.43 Å². The van der Waals surface area contributed by atoms with Crippen molar-refractivity contribution >= 4 is 23.7 Å². The molecule has 3 rings (SSSR count). The molecule has 1 saturated heterocycles. The molecule has 2 amide bonds. The van der Waals surface area contributed by atoms with Crippen LogP contribution < -0.4 is 15.1 Å². The van der Waals surface area contributed by atoms with Gasteiger partial charge in [0.2, 0.25) is 11.8 Å². The van der Waals surface area contributed by atoms with Crippen LogP contribution in [0, 0.1) is 12.8 Å². The number of aryl methyl sites for hydroxylation is 1. The zero-order valence-electron chi connectivity index (χ0n) is 15.5. The molecule has 1 heterocycles. The minimum atomic E-state index is -0.406. The lowest BCUT2D eigenvalue weighted by molar-refractivity contribution is -0.126. The number of hydrazone groups is 1. The fraction of sp³-hybridized carbons (Fsp3) is 0.286. The van der Waals surface area contributed by atoms with Gasteiger partial charge >= 0.3 is 0 Å². The molecule has 1 aliphatic heterocycles. The van der Waals surface area contributed by atoms with Crippen molar-refractivity contribution in [1.29, 1.82) is 0 Å². The lowest BCUT2D eigenvalue weighted by Crippen LogP contribution is -2.30. The Kier molecular flexibility index (Phi) is 5.86. The largest absolute Gasteiger partial charge is 0.494 e. The molecule has 6 nitrogen and oxygen atoms in total. The Hall–Kier alpha value is -3.15. The Bertz CT molecular complexity index is 829. The maximum Gasteiger partial charge on any atom is 0.245 e. The minimum absolute atomic E-state index is 0.0468. The molecule has 1 atom stereocenters. The lowest BCUT2D eigenvalue weighted by Gasteiger charge is -2.16. The van der Waals surface area contributed by atoms with Crippen molar-refractivity contribution in [3.63, 3.8) is 0 Å². The van der Waals surface area contributed by atoms with Crippen LogP contribution >= 0.6 is 0 Å². The molecular formula is C21H23N3O3. The summed E-state index contributed by atoms with van der Waals surface area (Å²) in [6.45, 7) is 4.91. The van der Waals surface area contributed by atoms with E-state index in [9.17, 15) is 9.59 Å². The first-order valence-electron chi connectivity index (χ1n) is 8.99. The summed E-state index contributed by atoms with van der Waals surface area (Å²) in [5.74, 6) is 0.0882. The average Bonchev–Trinajstić information content (AvgIpc) is 3.06. The van der Waals surface area contributed by atoms with Gasteiger partial charge in [-0.3, -0.25) is 9.59 Å². The molecule has 0 aromatic heterocycles. The van der Waals surface area contributed by atoms with Crippen molar-refractivity contribution in [3.8, 4) is 5.75 Å². The van der Waals surface area contributed by atoms with Gasteiger partial charge in [-0.2, -0.15) is 5.10 Å². The second-order valence-corrected chi connectivity index (χ2v) is 6.48. The number of nitrogens with zero attached hydrogens (tertiary/aromatic N) is 2. The van der Waals surface area contributed by atoms with E-state index in [4.69, 9.17) is 4.74 Å². The molecule has 2 aromatic carbocycles. The van der Waals surface area contributed by atoms with E-state index in [1.807, 2.05) is 62.4 Å². The second-order valence-electron chi connectivity index (χ2n) is 6.48. The van der Waals surface area contributed by atoms with Gasteiger partial charge in [-0.25, -0.2) is 5.43 Å². The van der Waals surface area contributed by atoms with Crippen molar-refractivity contribution < 1.29 is 14.3 Å². The highest BCUT2D eigenvalue weighted by atomic mass is 16.5. The topological polar surface area (TPSA) is 71.0 Å². The highest BCUT2D eigenvalue weighted by Gasteiger charge is 2.35. The molecule has 6 heteroatoms. The third kappa shape index (κ3) is 4.73. The lowest BCUT2D eigenvalue weighted by atomic mass is 10.1. The highest BCUT2D eigenvalue weighted by Crippen LogP contribution is 2.25. The van der Waals surface area contributed by atoms with Crippen molar-refractivity contribution in [2.24, 2.45) is 11.0 Å². The molecule has 0 radical (unpaired) electrons. The Morgan fingerprint density at radius 3 is 2.59 bits per heavy atom. The van der Waals surface area contributed by atoms with Gasteiger partial charge in [0.25, 0.3) is 0 Å². The van der Waals surface area contributed by atoms with Gasteiger partial charge in [-0.05, 0) is 55.8 Å². The summed E-state index contributed by atoms with van der Waals surface area (Å²) in [4.78, 5) is 26.2. The molecular weight excluding hydrogens is 342 g/mol. The predicted molar refractivity (Wildman–Crippen MR) is 105 cm³/mol. The quantitative estimate of drug-likeness (QED) is 0.632. The Morgan fingerprint density at radius 2 is 1.93 bits per heavy atom. The maximum absolute atomic E-state index is 12.3. The monoisotopic (exact) mass is 365 g/mol. The molecule has 1 aliphatic rings. The van der Waals surface area contributed by atoms with Gasteiger partial charge < -0.3 is 9.64 Å². The first-order valence-corrected chi connectivity index (χ1v) is 8.99. The molecule has 0 saturated carbocycles. The van der Waals surface area contributed by atoms with Gasteiger partial charge in [-0.15, -0.1) is 0 Å². The number of carbonyl (C=O) groups is 2. The van der Waals surface area contributed by atoms with E-state index in [1.54, 1.807) is 11.1 Å². The van der Waals surface area contributed by atoms with Crippen molar-refractivity contribution in [2.45, 2.75) is 20.3 Å². The average molecular weight is 365 g/mol.